The van der Waals surface area contributed by atoms with Crippen molar-refractivity contribution in [2.45, 2.75) is 20.4 Å². The van der Waals surface area contributed by atoms with Crippen molar-refractivity contribution in [3.8, 4) is 22.0 Å². The van der Waals surface area contributed by atoms with E-state index < -0.39 is 0 Å². The Balaban J connectivity index is 1.99. The summed E-state index contributed by atoms with van der Waals surface area (Å²) < 4.78 is 0. The van der Waals surface area contributed by atoms with Gasteiger partial charge in [-0.2, -0.15) is 0 Å². The largest absolute Gasteiger partial charge is 0.326 e. The molecule has 3 rings (SSSR count). The highest BCUT2D eigenvalue weighted by molar-refractivity contribution is 7.13. The van der Waals surface area contributed by atoms with Gasteiger partial charge in [-0.25, -0.2) is 9.97 Å². The molecule has 0 bridgehead atoms. The Bertz CT molecular complexity index is 743. The maximum absolute atomic E-state index is 5.69. The molecule has 2 N–H and O–H groups in total. The van der Waals surface area contributed by atoms with E-state index in [2.05, 4.69) is 29.4 Å². The summed E-state index contributed by atoms with van der Waals surface area (Å²) in [7, 11) is 0. The van der Waals surface area contributed by atoms with Gasteiger partial charge in [-0.15, -0.1) is 22.7 Å². The van der Waals surface area contributed by atoms with Gasteiger partial charge in [-0.1, -0.05) is 18.2 Å². The molecular weight excluding hydrogens is 286 g/mol. The van der Waals surface area contributed by atoms with E-state index in [1.54, 1.807) is 22.7 Å². The Hall–Kier alpha value is -1.56. The van der Waals surface area contributed by atoms with Crippen molar-refractivity contribution in [3.05, 3.63) is 45.1 Å². The highest BCUT2D eigenvalue weighted by Gasteiger charge is 2.12. The third kappa shape index (κ3) is 2.52. The van der Waals surface area contributed by atoms with Crippen LogP contribution in [0.15, 0.2) is 29.6 Å². The van der Waals surface area contributed by atoms with Crippen LogP contribution in [-0.4, -0.2) is 9.97 Å². The van der Waals surface area contributed by atoms with Crippen LogP contribution in [-0.2, 0) is 6.54 Å². The molecule has 0 fully saturated rings. The average Bonchev–Trinajstić information content (AvgIpc) is 3.05. The first-order valence-electron chi connectivity index (χ1n) is 6.36. The maximum atomic E-state index is 5.69. The van der Waals surface area contributed by atoms with Gasteiger partial charge in [0.15, 0.2) is 0 Å². The van der Waals surface area contributed by atoms with Gasteiger partial charge in [0, 0.05) is 22.4 Å². The van der Waals surface area contributed by atoms with Gasteiger partial charge in [-0.05, 0) is 25.5 Å². The normalized spacial score (nSPS) is 10.9. The van der Waals surface area contributed by atoms with Gasteiger partial charge in [-0.3, -0.25) is 0 Å². The van der Waals surface area contributed by atoms with Crippen LogP contribution in [0.5, 0.6) is 0 Å². The van der Waals surface area contributed by atoms with Crippen molar-refractivity contribution in [2.75, 3.05) is 0 Å². The van der Waals surface area contributed by atoms with Gasteiger partial charge in [0.2, 0.25) is 0 Å². The van der Waals surface area contributed by atoms with E-state index in [0.29, 0.717) is 6.54 Å². The quantitative estimate of drug-likeness (QED) is 0.795. The Morgan fingerprint density at radius 1 is 1.20 bits per heavy atom. The lowest BCUT2D eigenvalue weighted by atomic mass is 10.1. The third-order valence-corrected chi connectivity index (χ3v) is 4.84. The van der Waals surface area contributed by atoms with Crippen LogP contribution >= 0.6 is 22.7 Å². The molecule has 0 amide bonds. The number of rotatable bonds is 3. The van der Waals surface area contributed by atoms with Crippen LogP contribution in [0.2, 0.25) is 0 Å². The second-order valence-electron chi connectivity index (χ2n) is 4.58. The third-order valence-electron chi connectivity index (χ3n) is 3.06. The van der Waals surface area contributed by atoms with Crippen LogP contribution in [0.1, 0.15) is 15.4 Å². The number of hydrogen-bond acceptors (Lipinski definition) is 5. The van der Waals surface area contributed by atoms with Crippen molar-refractivity contribution < 1.29 is 0 Å². The summed E-state index contributed by atoms with van der Waals surface area (Å²) in [5.74, 6) is 0. The lowest BCUT2D eigenvalue weighted by Gasteiger charge is -1.99. The molecule has 0 aliphatic carbocycles. The van der Waals surface area contributed by atoms with Crippen molar-refractivity contribution in [3.63, 3.8) is 0 Å². The Kier molecular flexibility index (Phi) is 3.65. The number of thiazole rings is 2. The van der Waals surface area contributed by atoms with E-state index in [4.69, 9.17) is 10.7 Å². The standard InChI is InChI=1S/C15H15N3S2/c1-9-14(17-10(2)20-9)13-8-19-15(18-13)12-5-3-4-11(6-12)7-16/h3-6,8H,7,16H2,1-2H3. The molecule has 0 aliphatic rings. The highest BCUT2D eigenvalue weighted by Crippen LogP contribution is 2.32. The molecule has 0 atom stereocenters. The zero-order valence-electron chi connectivity index (χ0n) is 11.4. The molecule has 0 unspecified atom stereocenters. The molecule has 0 saturated heterocycles. The second-order valence-corrected chi connectivity index (χ2v) is 6.85. The Morgan fingerprint density at radius 2 is 2.05 bits per heavy atom. The summed E-state index contributed by atoms with van der Waals surface area (Å²) in [5.41, 5.74) is 9.90. The molecule has 0 radical (unpaired) electrons. The van der Waals surface area contributed by atoms with Crippen molar-refractivity contribution >= 4 is 22.7 Å². The fourth-order valence-corrected chi connectivity index (χ4v) is 3.74. The average molecular weight is 301 g/mol. The molecule has 0 saturated carbocycles. The topological polar surface area (TPSA) is 51.8 Å². The molecule has 3 aromatic rings. The number of aromatic nitrogens is 2. The molecular formula is C15H15N3S2. The molecule has 0 spiro atoms. The molecule has 3 nitrogen and oxygen atoms in total. The summed E-state index contributed by atoms with van der Waals surface area (Å²) in [6, 6.07) is 8.23. The summed E-state index contributed by atoms with van der Waals surface area (Å²) >= 11 is 3.36. The number of aryl methyl sites for hydroxylation is 2. The minimum Gasteiger partial charge on any atom is -0.326 e. The smallest absolute Gasteiger partial charge is 0.124 e. The monoisotopic (exact) mass is 301 g/mol. The van der Waals surface area contributed by atoms with Crippen LogP contribution < -0.4 is 5.73 Å². The maximum Gasteiger partial charge on any atom is 0.124 e. The molecule has 2 aromatic heterocycles. The fourth-order valence-electron chi connectivity index (χ4n) is 2.11. The van der Waals surface area contributed by atoms with Gasteiger partial charge in [0.25, 0.3) is 0 Å². The van der Waals surface area contributed by atoms with Crippen molar-refractivity contribution in [2.24, 2.45) is 5.73 Å². The first-order valence-corrected chi connectivity index (χ1v) is 8.06. The van der Waals surface area contributed by atoms with Crippen molar-refractivity contribution in [1.82, 2.24) is 9.97 Å². The predicted molar refractivity (Wildman–Crippen MR) is 86.0 cm³/mol. The summed E-state index contributed by atoms with van der Waals surface area (Å²) in [4.78, 5) is 10.5. The minimum absolute atomic E-state index is 0.552. The van der Waals surface area contributed by atoms with Crippen LogP contribution in [0.25, 0.3) is 22.0 Å². The molecule has 1 aromatic carbocycles. The minimum atomic E-state index is 0.552. The molecule has 5 heteroatoms. The molecule has 0 aliphatic heterocycles. The van der Waals surface area contributed by atoms with Crippen molar-refractivity contribution in [1.29, 1.82) is 0 Å². The van der Waals surface area contributed by atoms with Gasteiger partial charge >= 0.3 is 0 Å². The van der Waals surface area contributed by atoms with Crippen LogP contribution in [0.4, 0.5) is 0 Å². The van der Waals surface area contributed by atoms with E-state index in [1.807, 2.05) is 19.1 Å². The first kappa shape index (κ1) is 13.4. The number of nitrogens with two attached hydrogens (primary N) is 1. The van der Waals surface area contributed by atoms with Gasteiger partial charge < -0.3 is 5.73 Å². The Morgan fingerprint density at radius 3 is 2.75 bits per heavy atom. The lowest BCUT2D eigenvalue weighted by molar-refractivity contribution is 1.07. The van der Waals surface area contributed by atoms with E-state index >= 15 is 0 Å². The predicted octanol–water partition coefficient (Wildman–Crippen LogP) is 4.01. The summed E-state index contributed by atoms with van der Waals surface area (Å²) in [6.45, 7) is 4.67. The van der Waals surface area contributed by atoms with Crippen LogP contribution in [0.3, 0.4) is 0 Å². The van der Waals surface area contributed by atoms with Gasteiger partial charge in [0.05, 0.1) is 5.01 Å². The van der Waals surface area contributed by atoms with E-state index in [9.17, 15) is 0 Å². The van der Waals surface area contributed by atoms with Crippen LogP contribution in [0, 0.1) is 13.8 Å². The molecule has 102 valence electrons. The SMILES string of the molecule is Cc1nc(-c2csc(-c3cccc(CN)c3)n2)c(C)s1. The summed E-state index contributed by atoms with van der Waals surface area (Å²) in [6.07, 6.45) is 0. The van der Waals surface area contributed by atoms with E-state index in [1.165, 1.54) is 4.88 Å². The highest BCUT2D eigenvalue weighted by atomic mass is 32.1. The zero-order valence-corrected chi connectivity index (χ0v) is 13.0. The number of hydrogen-bond donors (Lipinski definition) is 1. The fraction of sp³-hybridized carbons (Fsp3) is 0.200. The zero-order chi connectivity index (χ0) is 14.1. The summed E-state index contributed by atoms with van der Waals surface area (Å²) in [5, 5.41) is 4.17. The first-order chi connectivity index (χ1) is 9.67. The molecule has 2 heterocycles. The van der Waals surface area contributed by atoms with E-state index in [0.717, 1.165) is 32.5 Å². The second kappa shape index (κ2) is 5.44. The molecule has 20 heavy (non-hydrogen) atoms. The lowest BCUT2D eigenvalue weighted by Crippen LogP contribution is -1.95. The van der Waals surface area contributed by atoms with Gasteiger partial charge in [0.1, 0.15) is 16.4 Å². The Labute approximate surface area is 126 Å². The number of nitrogens with zero attached hydrogens (tertiary/aromatic N) is 2. The van der Waals surface area contributed by atoms with E-state index in [-0.39, 0.29) is 0 Å². The number of benzene rings is 1.